The summed E-state index contributed by atoms with van der Waals surface area (Å²) in [5.74, 6) is -2.81. The summed E-state index contributed by atoms with van der Waals surface area (Å²) in [6, 6.07) is 12.7. The Kier molecular flexibility index (Phi) is 5.47. The van der Waals surface area contributed by atoms with Gasteiger partial charge in [-0.05, 0) is 31.2 Å². The highest BCUT2D eigenvalue weighted by Crippen LogP contribution is 2.36. The highest BCUT2D eigenvalue weighted by molar-refractivity contribution is 7.22. The number of benzene rings is 2. The summed E-state index contributed by atoms with van der Waals surface area (Å²) < 4.78 is 47.3. The van der Waals surface area contributed by atoms with E-state index in [1.165, 1.54) is 18.2 Å². The van der Waals surface area contributed by atoms with Crippen molar-refractivity contribution in [2.45, 2.75) is 18.8 Å². The quantitative estimate of drug-likeness (QED) is 0.481. The molecule has 0 bridgehead atoms. The van der Waals surface area contributed by atoms with Gasteiger partial charge in [-0.15, -0.1) is 0 Å². The first kappa shape index (κ1) is 20.6. The molecule has 0 saturated heterocycles. The second kappa shape index (κ2) is 7.70. The van der Waals surface area contributed by atoms with E-state index in [4.69, 9.17) is 0 Å². The van der Waals surface area contributed by atoms with Crippen molar-refractivity contribution >= 4 is 38.6 Å². The van der Waals surface area contributed by atoms with E-state index in [0.717, 1.165) is 18.4 Å². The van der Waals surface area contributed by atoms with Crippen molar-refractivity contribution in [1.82, 2.24) is 10.3 Å². The lowest BCUT2D eigenvalue weighted by atomic mass is 10.1. The molecule has 0 unspecified atom stereocenters. The van der Waals surface area contributed by atoms with E-state index in [-0.39, 0.29) is 10.7 Å². The molecule has 6 nitrogen and oxygen atoms in total. The molecule has 1 atom stereocenters. The van der Waals surface area contributed by atoms with Crippen LogP contribution in [-0.2, 0) is 9.53 Å². The topological polar surface area (TPSA) is 80.3 Å². The van der Waals surface area contributed by atoms with Crippen molar-refractivity contribution in [1.29, 1.82) is 0 Å². The number of fused-ring (bicyclic) bond motifs is 1. The number of aromatic nitrogens is 1. The molecule has 2 aromatic carbocycles. The van der Waals surface area contributed by atoms with Gasteiger partial charge in [0.2, 0.25) is 0 Å². The number of nitrogens with zero attached hydrogens (tertiary/aromatic N) is 1. The SMILES string of the molecule is COC(=O)[C@](NC(=O)c1cccc(C)c1)(Nc1nc2ccccc2s1)C(F)(F)F. The molecular weight excluding hydrogens is 407 g/mol. The number of carbonyl (C=O) groups excluding carboxylic acids is 2. The Labute approximate surface area is 167 Å². The van der Waals surface area contributed by atoms with Crippen molar-refractivity contribution in [2.75, 3.05) is 12.4 Å². The molecule has 29 heavy (non-hydrogen) atoms. The average Bonchev–Trinajstić information content (AvgIpc) is 3.08. The monoisotopic (exact) mass is 423 g/mol. The van der Waals surface area contributed by atoms with Gasteiger partial charge in [-0.25, -0.2) is 9.78 Å². The van der Waals surface area contributed by atoms with E-state index < -0.39 is 23.7 Å². The number of hydrogen-bond acceptors (Lipinski definition) is 6. The zero-order chi connectivity index (χ0) is 21.2. The Morgan fingerprint density at radius 2 is 1.83 bits per heavy atom. The third kappa shape index (κ3) is 4.02. The summed E-state index contributed by atoms with van der Waals surface area (Å²) in [5.41, 5.74) is -2.43. The maximum Gasteiger partial charge on any atom is 0.442 e. The molecule has 0 fully saturated rings. The van der Waals surface area contributed by atoms with Crippen LogP contribution in [0.4, 0.5) is 18.3 Å². The molecule has 0 saturated carbocycles. The number of aryl methyl sites for hydroxylation is 1. The third-order valence-electron chi connectivity index (χ3n) is 4.09. The number of thiazole rings is 1. The maximum absolute atomic E-state index is 14.1. The second-order valence-corrected chi connectivity index (χ2v) is 7.21. The Hall–Kier alpha value is -3.14. The van der Waals surface area contributed by atoms with Crippen molar-refractivity contribution in [3.63, 3.8) is 0 Å². The smallest absolute Gasteiger partial charge is 0.442 e. The van der Waals surface area contributed by atoms with Crippen LogP contribution < -0.4 is 10.6 Å². The molecular formula is C19H16F3N3O3S. The van der Waals surface area contributed by atoms with Crippen LogP contribution in [0, 0.1) is 6.92 Å². The van der Waals surface area contributed by atoms with Gasteiger partial charge >= 0.3 is 17.8 Å². The van der Waals surface area contributed by atoms with E-state index in [2.05, 4.69) is 15.0 Å². The summed E-state index contributed by atoms with van der Waals surface area (Å²) >= 11 is 0.912. The number of alkyl halides is 3. The molecule has 0 spiro atoms. The van der Waals surface area contributed by atoms with Gasteiger partial charge in [0.05, 0.1) is 17.3 Å². The van der Waals surface area contributed by atoms with Crippen molar-refractivity contribution in [2.24, 2.45) is 0 Å². The van der Waals surface area contributed by atoms with E-state index in [1.807, 2.05) is 0 Å². The van der Waals surface area contributed by atoms with Crippen LogP contribution in [-0.4, -0.2) is 35.8 Å². The van der Waals surface area contributed by atoms with E-state index in [9.17, 15) is 22.8 Å². The van der Waals surface area contributed by atoms with Gasteiger partial charge in [0.1, 0.15) is 0 Å². The molecule has 1 aromatic heterocycles. The van der Waals surface area contributed by atoms with Crippen LogP contribution in [0.3, 0.4) is 0 Å². The maximum atomic E-state index is 14.1. The lowest BCUT2D eigenvalue weighted by Crippen LogP contribution is -2.69. The Morgan fingerprint density at radius 3 is 2.45 bits per heavy atom. The van der Waals surface area contributed by atoms with E-state index >= 15 is 0 Å². The van der Waals surface area contributed by atoms with Gasteiger partial charge in [-0.1, -0.05) is 41.2 Å². The normalized spacial score (nSPS) is 13.6. The number of para-hydroxylation sites is 1. The zero-order valence-electron chi connectivity index (χ0n) is 15.3. The third-order valence-corrected chi connectivity index (χ3v) is 5.04. The van der Waals surface area contributed by atoms with Crippen molar-refractivity contribution < 1.29 is 27.5 Å². The van der Waals surface area contributed by atoms with Crippen molar-refractivity contribution in [3.8, 4) is 0 Å². The molecule has 10 heteroatoms. The van der Waals surface area contributed by atoms with Gasteiger partial charge in [-0.2, -0.15) is 13.2 Å². The minimum absolute atomic E-state index is 0.0337. The summed E-state index contributed by atoms with van der Waals surface area (Å²) in [6.07, 6.45) is -5.22. The Morgan fingerprint density at radius 1 is 1.10 bits per heavy atom. The molecule has 0 aliphatic carbocycles. The number of esters is 1. The van der Waals surface area contributed by atoms with E-state index in [0.29, 0.717) is 15.8 Å². The minimum atomic E-state index is -5.22. The number of carbonyl (C=O) groups is 2. The Bertz CT molecular complexity index is 1030. The summed E-state index contributed by atoms with van der Waals surface area (Å²) in [7, 11) is 0.807. The number of nitrogens with one attached hydrogen (secondary N) is 2. The summed E-state index contributed by atoms with van der Waals surface area (Å²) in [6.45, 7) is 1.69. The van der Waals surface area contributed by atoms with Gasteiger partial charge in [-0.3, -0.25) is 4.79 Å². The van der Waals surface area contributed by atoms with Gasteiger partial charge < -0.3 is 15.4 Å². The molecule has 152 valence electrons. The van der Waals surface area contributed by atoms with Crippen LogP contribution >= 0.6 is 11.3 Å². The van der Waals surface area contributed by atoms with E-state index in [1.54, 1.807) is 42.6 Å². The predicted molar refractivity (Wildman–Crippen MR) is 103 cm³/mol. The minimum Gasteiger partial charge on any atom is -0.466 e. The highest BCUT2D eigenvalue weighted by Gasteiger charge is 2.64. The number of anilines is 1. The molecule has 0 radical (unpaired) electrons. The fourth-order valence-electron chi connectivity index (χ4n) is 2.66. The lowest BCUT2D eigenvalue weighted by Gasteiger charge is -2.34. The molecule has 2 N–H and O–H groups in total. The van der Waals surface area contributed by atoms with Crippen LogP contribution in [0.1, 0.15) is 15.9 Å². The van der Waals surface area contributed by atoms with Crippen LogP contribution in [0.25, 0.3) is 10.2 Å². The molecule has 1 heterocycles. The van der Waals surface area contributed by atoms with Gasteiger partial charge in [0.25, 0.3) is 5.91 Å². The number of halogens is 3. The lowest BCUT2D eigenvalue weighted by molar-refractivity contribution is -0.203. The number of amides is 1. The Balaban J connectivity index is 2.05. The standard InChI is InChI=1S/C19H16F3N3O3S/c1-11-6-5-7-12(10-11)15(26)24-18(16(27)28-2,19(20,21)22)25-17-23-13-8-3-4-9-14(13)29-17/h3-10H,1-2H3,(H,23,25)(H,24,26)/t18-/m0/s1. The first-order valence-electron chi connectivity index (χ1n) is 8.34. The molecule has 0 aliphatic heterocycles. The molecule has 0 aliphatic rings. The highest BCUT2D eigenvalue weighted by atomic mass is 32.1. The predicted octanol–water partition coefficient (Wildman–Crippen LogP) is 3.88. The first-order chi connectivity index (χ1) is 13.7. The molecule has 1 amide bonds. The molecule has 3 rings (SSSR count). The number of hydrogen-bond donors (Lipinski definition) is 2. The van der Waals surface area contributed by atoms with Gasteiger partial charge in [0.15, 0.2) is 5.13 Å². The average molecular weight is 423 g/mol. The van der Waals surface area contributed by atoms with Gasteiger partial charge in [0, 0.05) is 5.56 Å². The number of methoxy groups -OCH3 is 1. The number of rotatable bonds is 5. The second-order valence-electron chi connectivity index (χ2n) is 6.17. The van der Waals surface area contributed by atoms with Crippen LogP contribution in [0.5, 0.6) is 0 Å². The summed E-state index contributed by atoms with van der Waals surface area (Å²) in [5, 5.41) is 3.64. The number of ether oxygens (including phenoxy) is 1. The fourth-order valence-corrected chi connectivity index (χ4v) is 3.58. The van der Waals surface area contributed by atoms with Crippen molar-refractivity contribution in [3.05, 3.63) is 59.7 Å². The van der Waals surface area contributed by atoms with Crippen LogP contribution in [0.2, 0.25) is 0 Å². The molecule has 3 aromatic rings. The largest absolute Gasteiger partial charge is 0.466 e. The summed E-state index contributed by atoms with van der Waals surface area (Å²) in [4.78, 5) is 28.9. The zero-order valence-corrected chi connectivity index (χ0v) is 16.1. The fraction of sp³-hybridized carbons (Fsp3) is 0.211. The van der Waals surface area contributed by atoms with Crippen LogP contribution in [0.15, 0.2) is 48.5 Å². The first-order valence-corrected chi connectivity index (χ1v) is 9.16.